The Bertz CT molecular complexity index is 1160. The summed E-state index contributed by atoms with van der Waals surface area (Å²) in [5.41, 5.74) is 0.996. The number of hydrogen-bond donors (Lipinski definition) is 3. The van der Waals surface area contributed by atoms with Crippen LogP contribution in [-0.4, -0.2) is 44.7 Å². The van der Waals surface area contributed by atoms with E-state index in [1.807, 2.05) is 0 Å². The number of nitrogens with zero attached hydrogens (tertiary/aromatic N) is 2. The molecule has 10 heteroatoms. The van der Waals surface area contributed by atoms with Crippen LogP contribution in [0.2, 0.25) is 0 Å². The van der Waals surface area contributed by atoms with Gasteiger partial charge in [0.25, 0.3) is 5.91 Å². The van der Waals surface area contributed by atoms with E-state index in [9.17, 15) is 13.2 Å². The van der Waals surface area contributed by atoms with Crippen LogP contribution < -0.4 is 20.7 Å². The zero-order chi connectivity index (χ0) is 21.7. The molecular formula is C20H21N5O4S. The Balaban J connectivity index is 1.99. The minimum atomic E-state index is -3.47. The lowest BCUT2D eigenvalue weighted by Gasteiger charge is -2.15. The van der Waals surface area contributed by atoms with Crippen LogP contribution in [0.5, 0.6) is 5.75 Å². The average molecular weight is 427 g/mol. The van der Waals surface area contributed by atoms with Crippen molar-refractivity contribution in [3.63, 3.8) is 0 Å². The summed E-state index contributed by atoms with van der Waals surface area (Å²) in [6.45, 7) is 0. The van der Waals surface area contributed by atoms with Crippen molar-refractivity contribution in [3.8, 4) is 5.75 Å². The summed E-state index contributed by atoms with van der Waals surface area (Å²) in [4.78, 5) is 20.9. The lowest BCUT2D eigenvalue weighted by atomic mass is 10.2. The fourth-order valence-corrected chi connectivity index (χ4v) is 3.53. The number of para-hydroxylation sites is 1. The molecule has 9 nitrogen and oxygen atoms in total. The van der Waals surface area contributed by atoms with E-state index in [0.29, 0.717) is 28.8 Å². The molecule has 0 saturated carbocycles. The van der Waals surface area contributed by atoms with Crippen molar-refractivity contribution < 1.29 is 17.9 Å². The first-order chi connectivity index (χ1) is 14.3. The van der Waals surface area contributed by atoms with Crippen molar-refractivity contribution in [1.82, 2.24) is 15.3 Å². The molecule has 1 amide bonds. The first-order valence-electron chi connectivity index (χ1n) is 8.87. The Morgan fingerprint density at radius 2 is 1.70 bits per heavy atom. The van der Waals surface area contributed by atoms with Crippen LogP contribution in [0.1, 0.15) is 10.4 Å². The summed E-state index contributed by atoms with van der Waals surface area (Å²) < 4.78 is 29.3. The minimum Gasteiger partial charge on any atom is -0.495 e. The van der Waals surface area contributed by atoms with Gasteiger partial charge in [-0.3, -0.25) is 4.79 Å². The number of nitrogens with one attached hydrogen (secondary N) is 3. The zero-order valence-electron chi connectivity index (χ0n) is 16.6. The van der Waals surface area contributed by atoms with Gasteiger partial charge in [0.2, 0.25) is 0 Å². The quantitative estimate of drug-likeness (QED) is 0.526. The summed E-state index contributed by atoms with van der Waals surface area (Å²) in [6, 6.07) is 11.5. The Hall–Kier alpha value is -3.66. The van der Waals surface area contributed by atoms with Crippen LogP contribution in [0.15, 0.2) is 59.8 Å². The lowest BCUT2D eigenvalue weighted by molar-refractivity contribution is 0.0963. The van der Waals surface area contributed by atoms with Gasteiger partial charge in [-0.05, 0) is 24.3 Å². The molecule has 0 bridgehead atoms. The summed E-state index contributed by atoms with van der Waals surface area (Å²) in [6.07, 6.45) is 4.08. The summed E-state index contributed by atoms with van der Waals surface area (Å²) >= 11 is 0. The first kappa shape index (κ1) is 21.1. The van der Waals surface area contributed by atoms with Gasteiger partial charge in [-0.2, -0.15) is 0 Å². The molecule has 0 fully saturated rings. The van der Waals surface area contributed by atoms with Crippen LogP contribution in [0.25, 0.3) is 0 Å². The molecule has 156 valence electrons. The molecule has 0 aliphatic rings. The third-order valence-electron chi connectivity index (χ3n) is 4.16. The lowest BCUT2D eigenvalue weighted by Crippen LogP contribution is -2.20. The number of benzene rings is 1. The number of sulfone groups is 1. The van der Waals surface area contributed by atoms with E-state index in [1.54, 1.807) is 49.7 Å². The largest absolute Gasteiger partial charge is 0.495 e. The number of amides is 1. The molecular weight excluding hydrogens is 406 g/mol. The molecule has 0 saturated heterocycles. The van der Waals surface area contributed by atoms with Gasteiger partial charge in [0.15, 0.2) is 9.84 Å². The van der Waals surface area contributed by atoms with E-state index in [2.05, 4.69) is 25.9 Å². The second-order valence-corrected chi connectivity index (χ2v) is 8.28. The summed E-state index contributed by atoms with van der Waals surface area (Å²) in [7, 11) is -0.419. The highest BCUT2D eigenvalue weighted by molar-refractivity contribution is 7.90. The molecule has 1 aromatic carbocycles. The number of carbonyl (C=O) groups is 1. The molecule has 0 aliphatic heterocycles. The van der Waals surface area contributed by atoms with Crippen LogP contribution in [0.3, 0.4) is 0 Å². The van der Waals surface area contributed by atoms with Gasteiger partial charge in [-0.1, -0.05) is 12.1 Å². The number of rotatable bonds is 7. The van der Waals surface area contributed by atoms with Crippen LogP contribution in [0, 0.1) is 0 Å². The normalized spacial score (nSPS) is 10.9. The van der Waals surface area contributed by atoms with Crippen molar-refractivity contribution in [1.29, 1.82) is 0 Å². The highest BCUT2D eigenvalue weighted by Gasteiger charge is 2.17. The number of hydrogen-bond acceptors (Lipinski definition) is 8. The Kier molecular flexibility index (Phi) is 6.17. The van der Waals surface area contributed by atoms with Gasteiger partial charge < -0.3 is 20.7 Å². The van der Waals surface area contributed by atoms with Gasteiger partial charge >= 0.3 is 0 Å². The van der Waals surface area contributed by atoms with E-state index >= 15 is 0 Å². The smallest absolute Gasteiger partial charge is 0.254 e. The zero-order valence-corrected chi connectivity index (χ0v) is 17.4. The molecule has 0 atom stereocenters. The molecule has 30 heavy (non-hydrogen) atoms. The number of methoxy groups -OCH3 is 1. The van der Waals surface area contributed by atoms with E-state index < -0.39 is 9.84 Å². The van der Waals surface area contributed by atoms with E-state index in [1.165, 1.54) is 19.3 Å². The molecule has 0 radical (unpaired) electrons. The average Bonchev–Trinajstić information content (AvgIpc) is 2.73. The SMILES string of the molecule is CNC(=O)c1cnc(Nc2ccc(OC)cn2)cc1Nc1ccccc1S(C)(=O)=O. The highest BCUT2D eigenvalue weighted by atomic mass is 32.2. The van der Waals surface area contributed by atoms with E-state index in [4.69, 9.17) is 4.74 Å². The molecule has 3 rings (SSSR count). The Labute approximate surface area is 174 Å². The minimum absolute atomic E-state index is 0.121. The van der Waals surface area contributed by atoms with E-state index in [-0.39, 0.29) is 16.4 Å². The highest BCUT2D eigenvalue weighted by Crippen LogP contribution is 2.29. The van der Waals surface area contributed by atoms with Gasteiger partial charge in [0.05, 0.1) is 35.1 Å². The van der Waals surface area contributed by atoms with Gasteiger partial charge in [-0.15, -0.1) is 0 Å². The van der Waals surface area contributed by atoms with Crippen LogP contribution >= 0.6 is 0 Å². The molecule has 3 N–H and O–H groups in total. The van der Waals surface area contributed by atoms with Crippen molar-refractivity contribution in [2.45, 2.75) is 4.90 Å². The van der Waals surface area contributed by atoms with Gasteiger partial charge in [0.1, 0.15) is 17.4 Å². The van der Waals surface area contributed by atoms with Crippen LogP contribution in [0.4, 0.5) is 23.0 Å². The fourth-order valence-electron chi connectivity index (χ4n) is 2.69. The maximum Gasteiger partial charge on any atom is 0.254 e. The monoisotopic (exact) mass is 427 g/mol. The number of carbonyl (C=O) groups excluding carboxylic acids is 1. The predicted octanol–water partition coefficient (Wildman–Crippen LogP) is 2.74. The predicted molar refractivity (Wildman–Crippen MR) is 115 cm³/mol. The maximum absolute atomic E-state index is 12.3. The first-order valence-corrected chi connectivity index (χ1v) is 10.8. The second-order valence-electron chi connectivity index (χ2n) is 6.30. The Morgan fingerprint density at radius 3 is 2.33 bits per heavy atom. The van der Waals surface area contributed by atoms with Crippen molar-refractivity contribution in [3.05, 3.63) is 60.4 Å². The molecule has 0 aliphatic carbocycles. The molecule has 2 heterocycles. The Morgan fingerprint density at radius 1 is 0.967 bits per heavy atom. The molecule has 2 aromatic heterocycles. The second kappa shape index (κ2) is 8.78. The van der Waals surface area contributed by atoms with Crippen LogP contribution in [-0.2, 0) is 9.84 Å². The number of ether oxygens (including phenoxy) is 1. The number of aromatic nitrogens is 2. The summed E-state index contributed by atoms with van der Waals surface area (Å²) in [5.74, 6) is 1.19. The van der Waals surface area contributed by atoms with E-state index in [0.717, 1.165) is 6.26 Å². The maximum atomic E-state index is 12.3. The molecule has 0 spiro atoms. The van der Waals surface area contributed by atoms with Gasteiger partial charge in [-0.25, -0.2) is 18.4 Å². The third kappa shape index (κ3) is 4.84. The fraction of sp³-hybridized carbons (Fsp3) is 0.150. The standard InChI is InChI=1S/C20H21N5O4S/c1-21-20(26)14-12-23-19(25-18-9-8-13(29-2)11-22-18)10-16(14)24-15-6-4-5-7-17(15)30(3,27)28/h4-12H,1-3H3,(H,21,26)(H2,22,23,24,25). The molecule has 3 aromatic rings. The van der Waals surface area contributed by atoms with Crippen molar-refractivity contribution in [2.24, 2.45) is 0 Å². The third-order valence-corrected chi connectivity index (χ3v) is 5.31. The summed E-state index contributed by atoms with van der Waals surface area (Å²) in [5, 5.41) is 8.64. The van der Waals surface area contributed by atoms with Crippen molar-refractivity contribution in [2.75, 3.05) is 31.0 Å². The van der Waals surface area contributed by atoms with Crippen molar-refractivity contribution >= 4 is 38.8 Å². The number of anilines is 4. The van der Waals surface area contributed by atoms with Gasteiger partial charge in [0, 0.05) is 25.6 Å². The number of pyridine rings is 2. The molecule has 0 unspecified atom stereocenters. The topological polar surface area (TPSA) is 122 Å².